The van der Waals surface area contributed by atoms with Gasteiger partial charge in [0.2, 0.25) is 0 Å². The molecule has 0 bridgehead atoms. The zero-order valence-electron chi connectivity index (χ0n) is 6.44. The van der Waals surface area contributed by atoms with Crippen LogP contribution in [-0.4, -0.2) is 29.6 Å². The summed E-state index contributed by atoms with van der Waals surface area (Å²) in [7, 11) is 0. The van der Waals surface area contributed by atoms with Gasteiger partial charge in [0.1, 0.15) is 0 Å². The fourth-order valence-electron chi connectivity index (χ4n) is 0.914. The molecule has 1 rings (SSSR count). The van der Waals surface area contributed by atoms with Gasteiger partial charge in [0.25, 0.3) is 0 Å². The minimum absolute atomic E-state index is 0. The lowest BCUT2D eigenvalue weighted by Crippen LogP contribution is -2.26. The maximum atomic E-state index is 5.38. The van der Waals surface area contributed by atoms with Crippen molar-refractivity contribution >= 4 is 12.4 Å². The standard InChI is InChI=1S/C7H13N3.ClH/c1-2-9-5-6-10(7-9)4-3-8;/h2,5-6H,1,3-4,7-8H2;1H. The molecule has 2 N–H and O–H groups in total. The van der Waals surface area contributed by atoms with Gasteiger partial charge >= 0.3 is 0 Å². The van der Waals surface area contributed by atoms with Crippen molar-refractivity contribution in [3.8, 4) is 0 Å². The maximum Gasteiger partial charge on any atom is 0.0936 e. The first-order valence-corrected chi connectivity index (χ1v) is 3.37. The van der Waals surface area contributed by atoms with E-state index in [1.54, 1.807) is 6.20 Å². The Labute approximate surface area is 73.6 Å². The lowest BCUT2D eigenvalue weighted by molar-refractivity contribution is 0.321. The molecule has 1 heterocycles. The van der Waals surface area contributed by atoms with Gasteiger partial charge < -0.3 is 15.5 Å². The molecule has 0 aromatic rings. The van der Waals surface area contributed by atoms with E-state index < -0.39 is 0 Å². The summed E-state index contributed by atoms with van der Waals surface area (Å²) in [4.78, 5) is 4.15. The van der Waals surface area contributed by atoms with Crippen molar-refractivity contribution in [3.63, 3.8) is 0 Å². The number of rotatable bonds is 3. The maximum absolute atomic E-state index is 5.38. The molecule has 1 aliphatic heterocycles. The zero-order valence-corrected chi connectivity index (χ0v) is 7.26. The van der Waals surface area contributed by atoms with Gasteiger partial charge in [0, 0.05) is 25.5 Å². The van der Waals surface area contributed by atoms with Crippen LogP contribution in [0.4, 0.5) is 0 Å². The van der Waals surface area contributed by atoms with Crippen LogP contribution < -0.4 is 5.73 Å². The average Bonchev–Trinajstić information content (AvgIpc) is 2.37. The molecular formula is C7H14ClN3. The Hall–Kier alpha value is -0.670. The molecule has 0 spiro atoms. The topological polar surface area (TPSA) is 32.5 Å². The molecule has 0 unspecified atom stereocenters. The van der Waals surface area contributed by atoms with Gasteiger partial charge in [0.15, 0.2) is 0 Å². The normalized spacial score (nSPS) is 15.0. The fraction of sp³-hybridized carbons (Fsp3) is 0.429. The van der Waals surface area contributed by atoms with Gasteiger partial charge in [-0.1, -0.05) is 6.58 Å². The number of nitrogens with zero attached hydrogens (tertiary/aromatic N) is 2. The van der Waals surface area contributed by atoms with Gasteiger partial charge in [-0.25, -0.2) is 0 Å². The third kappa shape index (κ3) is 2.82. The van der Waals surface area contributed by atoms with Crippen molar-refractivity contribution < 1.29 is 0 Å². The van der Waals surface area contributed by atoms with Crippen LogP contribution >= 0.6 is 12.4 Å². The van der Waals surface area contributed by atoms with E-state index in [0.29, 0.717) is 6.54 Å². The molecule has 0 saturated carbocycles. The van der Waals surface area contributed by atoms with Crippen LogP contribution in [0.5, 0.6) is 0 Å². The molecule has 64 valence electrons. The third-order valence-electron chi connectivity index (χ3n) is 1.46. The molecule has 0 amide bonds. The van der Waals surface area contributed by atoms with Crippen LogP contribution in [0.15, 0.2) is 25.2 Å². The van der Waals surface area contributed by atoms with Crippen molar-refractivity contribution in [1.82, 2.24) is 9.80 Å². The Morgan fingerprint density at radius 3 is 2.73 bits per heavy atom. The molecule has 0 aliphatic carbocycles. The highest BCUT2D eigenvalue weighted by Crippen LogP contribution is 2.04. The Bertz CT molecular complexity index is 147. The first kappa shape index (κ1) is 10.3. The van der Waals surface area contributed by atoms with E-state index in [4.69, 9.17) is 5.73 Å². The monoisotopic (exact) mass is 175 g/mol. The summed E-state index contributed by atoms with van der Waals surface area (Å²) in [5, 5.41) is 0. The Morgan fingerprint density at radius 1 is 1.55 bits per heavy atom. The quantitative estimate of drug-likeness (QED) is 0.681. The average molecular weight is 176 g/mol. The van der Waals surface area contributed by atoms with Gasteiger partial charge in [-0.2, -0.15) is 0 Å². The summed E-state index contributed by atoms with van der Waals surface area (Å²) in [5.41, 5.74) is 5.38. The van der Waals surface area contributed by atoms with Crippen LogP contribution in [0.1, 0.15) is 0 Å². The molecule has 0 aromatic carbocycles. The van der Waals surface area contributed by atoms with Gasteiger partial charge in [-0.15, -0.1) is 12.4 Å². The van der Waals surface area contributed by atoms with Crippen LogP contribution in [0, 0.1) is 0 Å². The number of halogens is 1. The summed E-state index contributed by atoms with van der Waals surface area (Å²) in [6, 6.07) is 0. The predicted molar refractivity (Wildman–Crippen MR) is 49.1 cm³/mol. The lowest BCUT2D eigenvalue weighted by Gasteiger charge is -2.16. The van der Waals surface area contributed by atoms with Crippen molar-refractivity contribution in [2.75, 3.05) is 19.8 Å². The SMILES string of the molecule is C=CN1C=CN(CCN)C1.Cl. The number of hydrogen-bond acceptors (Lipinski definition) is 3. The summed E-state index contributed by atoms with van der Waals surface area (Å²) in [6.07, 6.45) is 5.81. The Balaban J connectivity index is 0.000001000. The van der Waals surface area contributed by atoms with E-state index in [-0.39, 0.29) is 12.4 Å². The highest BCUT2D eigenvalue weighted by molar-refractivity contribution is 5.85. The van der Waals surface area contributed by atoms with Gasteiger partial charge in [-0.05, 0) is 6.20 Å². The van der Waals surface area contributed by atoms with Gasteiger partial charge in [-0.3, -0.25) is 0 Å². The molecule has 0 saturated heterocycles. The second-order valence-electron chi connectivity index (χ2n) is 2.24. The van der Waals surface area contributed by atoms with E-state index in [2.05, 4.69) is 11.5 Å². The van der Waals surface area contributed by atoms with E-state index in [1.807, 2.05) is 17.3 Å². The van der Waals surface area contributed by atoms with Crippen LogP contribution in [0.25, 0.3) is 0 Å². The molecule has 11 heavy (non-hydrogen) atoms. The second kappa shape index (κ2) is 5.04. The van der Waals surface area contributed by atoms with E-state index >= 15 is 0 Å². The smallest absolute Gasteiger partial charge is 0.0936 e. The molecule has 1 aliphatic rings. The second-order valence-corrected chi connectivity index (χ2v) is 2.24. The third-order valence-corrected chi connectivity index (χ3v) is 1.46. The predicted octanol–water partition coefficient (Wildman–Crippen LogP) is 0.557. The van der Waals surface area contributed by atoms with Gasteiger partial charge in [0.05, 0.1) is 6.67 Å². The molecule has 3 nitrogen and oxygen atoms in total. The summed E-state index contributed by atoms with van der Waals surface area (Å²) < 4.78 is 0. The number of nitrogens with two attached hydrogens (primary N) is 1. The minimum Gasteiger partial charge on any atom is -0.357 e. The summed E-state index contributed by atoms with van der Waals surface area (Å²) >= 11 is 0. The summed E-state index contributed by atoms with van der Waals surface area (Å²) in [5.74, 6) is 0. The summed E-state index contributed by atoms with van der Waals surface area (Å²) in [6.45, 7) is 6.16. The van der Waals surface area contributed by atoms with E-state index in [9.17, 15) is 0 Å². The molecule has 0 atom stereocenters. The molecule has 0 fully saturated rings. The lowest BCUT2D eigenvalue weighted by atomic mass is 10.6. The molecule has 4 heteroatoms. The van der Waals surface area contributed by atoms with Crippen molar-refractivity contribution in [2.45, 2.75) is 0 Å². The van der Waals surface area contributed by atoms with E-state index in [0.717, 1.165) is 13.2 Å². The Kier molecular flexibility index (Phi) is 4.74. The largest absolute Gasteiger partial charge is 0.357 e. The van der Waals surface area contributed by atoms with Crippen LogP contribution in [0.2, 0.25) is 0 Å². The number of hydrogen-bond donors (Lipinski definition) is 1. The zero-order chi connectivity index (χ0) is 7.40. The molecule has 0 aromatic heterocycles. The van der Waals surface area contributed by atoms with Crippen LogP contribution in [-0.2, 0) is 0 Å². The highest BCUT2D eigenvalue weighted by atomic mass is 35.5. The van der Waals surface area contributed by atoms with Crippen molar-refractivity contribution in [3.05, 3.63) is 25.2 Å². The highest BCUT2D eigenvalue weighted by Gasteiger charge is 2.06. The molecular weight excluding hydrogens is 162 g/mol. The van der Waals surface area contributed by atoms with Crippen LogP contribution in [0.3, 0.4) is 0 Å². The van der Waals surface area contributed by atoms with E-state index in [1.165, 1.54) is 0 Å². The molecule has 0 radical (unpaired) electrons. The van der Waals surface area contributed by atoms with Crippen molar-refractivity contribution in [2.24, 2.45) is 5.73 Å². The van der Waals surface area contributed by atoms with Crippen molar-refractivity contribution in [1.29, 1.82) is 0 Å². The Morgan fingerprint density at radius 2 is 2.27 bits per heavy atom. The first-order valence-electron chi connectivity index (χ1n) is 3.37. The minimum atomic E-state index is 0. The first-order chi connectivity index (χ1) is 4.86. The fourth-order valence-corrected chi connectivity index (χ4v) is 0.914.